The molecule has 0 atom stereocenters. The number of nitrogens with one attached hydrogen (secondary N) is 1. The molecular weight excluding hydrogens is 400 g/mol. The Morgan fingerprint density at radius 1 is 1.13 bits per heavy atom. The van der Waals surface area contributed by atoms with E-state index < -0.39 is 10.0 Å². The zero-order valence-corrected chi connectivity index (χ0v) is 19.3. The first kappa shape index (κ1) is 22.5. The highest BCUT2D eigenvalue weighted by Crippen LogP contribution is 2.24. The summed E-state index contributed by atoms with van der Waals surface area (Å²) in [6.45, 7) is 11.8. The van der Waals surface area contributed by atoms with E-state index in [4.69, 9.17) is 0 Å². The number of sulfonamides is 1. The molecule has 1 aliphatic heterocycles. The van der Waals surface area contributed by atoms with Crippen LogP contribution in [0.5, 0.6) is 0 Å². The molecule has 0 aliphatic carbocycles. The Labute approximate surface area is 179 Å². The van der Waals surface area contributed by atoms with Crippen molar-refractivity contribution in [1.82, 2.24) is 19.4 Å². The zero-order chi connectivity index (χ0) is 22.1. The van der Waals surface area contributed by atoms with E-state index in [9.17, 15) is 13.2 Å². The second kappa shape index (κ2) is 8.51. The predicted molar refractivity (Wildman–Crippen MR) is 117 cm³/mol. The Balaban J connectivity index is 1.68. The van der Waals surface area contributed by atoms with Gasteiger partial charge < -0.3 is 5.32 Å². The number of hydrogen-bond acceptors (Lipinski definition) is 4. The monoisotopic (exact) mass is 432 g/mol. The van der Waals surface area contributed by atoms with Gasteiger partial charge in [0, 0.05) is 25.3 Å². The molecule has 1 aromatic heterocycles. The summed E-state index contributed by atoms with van der Waals surface area (Å²) in [6, 6.07) is 8.56. The van der Waals surface area contributed by atoms with E-state index in [2.05, 4.69) is 45.0 Å². The highest BCUT2D eigenvalue weighted by Gasteiger charge is 2.27. The van der Waals surface area contributed by atoms with Crippen LogP contribution in [0.15, 0.2) is 35.2 Å². The lowest BCUT2D eigenvalue weighted by atomic mass is 10.1. The van der Waals surface area contributed by atoms with Gasteiger partial charge >= 0.3 is 0 Å². The van der Waals surface area contributed by atoms with Gasteiger partial charge in [0.2, 0.25) is 10.0 Å². The summed E-state index contributed by atoms with van der Waals surface area (Å²) in [6.07, 6.45) is 1.82. The first-order valence-corrected chi connectivity index (χ1v) is 11.9. The molecular formula is C22H32N4O3S. The van der Waals surface area contributed by atoms with Gasteiger partial charge in [-0.05, 0) is 63.3 Å². The molecule has 7 nitrogen and oxygen atoms in total. The smallest absolute Gasteiger partial charge is 0.272 e. The molecule has 1 saturated heterocycles. The molecule has 1 aromatic carbocycles. The number of rotatable bonds is 6. The molecule has 1 amide bonds. The molecule has 1 aliphatic rings. The summed E-state index contributed by atoms with van der Waals surface area (Å²) in [5.41, 5.74) is 2.03. The SMILES string of the molecule is CC(C)c1cc(C(=O)NCc2ccc(S(=O)(=O)N3CCCC3)cc2)nn1C(C)(C)C. The highest BCUT2D eigenvalue weighted by atomic mass is 32.2. The maximum atomic E-state index is 12.6. The normalized spacial score (nSPS) is 15.7. The number of aromatic nitrogens is 2. The number of amides is 1. The Morgan fingerprint density at radius 2 is 1.73 bits per heavy atom. The molecule has 1 fully saturated rings. The summed E-state index contributed by atoms with van der Waals surface area (Å²) in [5, 5.41) is 7.41. The van der Waals surface area contributed by atoms with Crippen molar-refractivity contribution < 1.29 is 13.2 Å². The second-order valence-corrected chi connectivity index (χ2v) is 11.1. The van der Waals surface area contributed by atoms with Crippen LogP contribution in [0.25, 0.3) is 0 Å². The Hall–Kier alpha value is -2.19. The van der Waals surface area contributed by atoms with E-state index in [1.54, 1.807) is 24.3 Å². The molecule has 0 spiro atoms. The molecule has 0 saturated carbocycles. The van der Waals surface area contributed by atoms with Crippen LogP contribution in [0, 0.1) is 0 Å². The van der Waals surface area contributed by atoms with Crippen LogP contribution in [0.2, 0.25) is 0 Å². The number of nitrogens with zero attached hydrogens (tertiary/aromatic N) is 3. The molecule has 1 N–H and O–H groups in total. The van der Waals surface area contributed by atoms with Gasteiger partial charge in [-0.3, -0.25) is 9.48 Å². The van der Waals surface area contributed by atoms with Crippen molar-refractivity contribution in [2.24, 2.45) is 0 Å². The van der Waals surface area contributed by atoms with Crippen LogP contribution in [0.3, 0.4) is 0 Å². The van der Waals surface area contributed by atoms with Gasteiger partial charge in [-0.15, -0.1) is 0 Å². The van der Waals surface area contributed by atoms with Gasteiger partial charge in [0.1, 0.15) is 5.69 Å². The van der Waals surface area contributed by atoms with Crippen molar-refractivity contribution >= 4 is 15.9 Å². The lowest BCUT2D eigenvalue weighted by molar-refractivity contribution is 0.0944. The Bertz CT molecular complexity index is 996. The van der Waals surface area contributed by atoms with Crippen molar-refractivity contribution in [2.75, 3.05) is 13.1 Å². The standard InChI is InChI=1S/C22H32N4O3S/c1-16(2)20-14-19(24-26(20)22(3,4)5)21(27)23-15-17-8-10-18(11-9-17)30(28,29)25-12-6-7-13-25/h8-11,14,16H,6-7,12-13,15H2,1-5H3,(H,23,27). The minimum Gasteiger partial charge on any atom is -0.347 e. The van der Waals surface area contributed by atoms with E-state index >= 15 is 0 Å². The summed E-state index contributed by atoms with van der Waals surface area (Å²) in [4.78, 5) is 12.9. The zero-order valence-electron chi connectivity index (χ0n) is 18.5. The van der Waals surface area contributed by atoms with E-state index in [0.29, 0.717) is 30.2 Å². The van der Waals surface area contributed by atoms with Crippen LogP contribution in [0.4, 0.5) is 0 Å². The molecule has 0 radical (unpaired) electrons. The van der Waals surface area contributed by atoms with Crippen molar-refractivity contribution in [2.45, 2.75) is 70.4 Å². The van der Waals surface area contributed by atoms with Crippen LogP contribution < -0.4 is 5.32 Å². The van der Waals surface area contributed by atoms with Crippen molar-refractivity contribution in [1.29, 1.82) is 0 Å². The fourth-order valence-electron chi connectivity index (χ4n) is 3.58. The first-order chi connectivity index (χ1) is 14.0. The topological polar surface area (TPSA) is 84.3 Å². The molecule has 0 bridgehead atoms. The average molecular weight is 433 g/mol. The van der Waals surface area contributed by atoms with E-state index in [-0.39, 0.29) is 17.4 Å². The fraction of sp³-hybridized carbons (Fsp3) is 0.545. The summed E-state index contributed by atoms with van der Waals surface area (Å²) in [5.74, 6) is 0.0111. The van der Waals surface area contributed by atoms with Gasteiger partial charge in [-0.1, -0.05) is 26.0 Å². The lowest BCUT2D eigenvalue weighted by Gasteiger charge is -2.23. The third-order valence-electron chi connectivity index (χ3n) is 5.28. The van der Waals surface area contributed by atoms with Crippen molar-refractivity contribution in [3.05, 3.63) is 47.3 Å². The molecule has 30 heavy (non-hydrogen) atoms. The molecule has 3 rings (SSSR count). The van der Waals surface area contributed by atoms with Crippen LogP contribution >= 0.6 is 0 Å². The minimum absolute atomic E-state index is 0.213. The van der Waals surface area contributed by atoms with Gasteiger partial charge in [0.25, 0.3) is 5.91 Å². The largest absolute Gasteiger partial charge is 0.347 e. The summed E-state index contributed by atoms with van der Waals surface area (Å²) >= 11 is 0. The molecule has 2 heterocycles. The maximum absolute atomic E-state index is 12.6. The average Bonchev–Trinajstić information content (AvgIpc) is 3.36. The van der Waals surface area contributed by atoms with E-state index in [1.165, 1.54) is 4.31 Å². The van der Waals surface area contributed by atoms with Crippen molar-refractivity contribution in [3.8, 4) is 0 Å². The number of carbonyl (C=O) groups is 1. The molecule has 0 unspecified atom stereocenters. The quantitative estimate of drug-likeness (QED) is 0.757. The van der Waals surface area contributed by atoms with Crippen molar-refractivity contribution in [3.63, 3.8) is 0 Å². The third kappa shape index (κ3) is 4.75. The van der Waals surface area contributed by atoms with Crippen LogP contribution in [0.1, 0.15) is 75.1 Å². The molecule has 2 aromatic rings. The maximum Gasteiger partial charge on any atom is 0.272 e. The Morgan fingerprint density at radius 3 is 2.23 bits per heavy atom. The van der Waals surface area contributed by atoms with Gasteiger partial charge in [0.05, 0.1) is 10.4 Å². The van der Waals surface area contributed by atoms with Crippen LogP contribution in [-0.2, 0) is 22.1 Å². The first-order valence-electron chi connectivity index (χ1n) is 10.5. The fourth-order valence-corrected chi connectivity index (χ4v) is 5.10. The van der Waals surface area contributed by atoms with E-state index in [0.717, 1.165) is 24.1 Å². The number of benzene rings is 1. The number of hydrogen-bond donors (Lipinski definition) is 1. The van der Waals surface area contributed by atoms with Gasteiger partial charge in [0.15, 0.2) is 0 Å². The highest BCUT2D eigenvalue weighted by molar-refractivity contribution is 7.89. The Kier molecular flexibility index (Phi) is 6.38. The lowest BCUT2D eigenvalue weighted by Crippen LogP contribution is -2.28. The summed E-state index contributed by atoms with van der Waals surface area (Å²) < 4.78 is 28.7. The molecule has 8 heteroatoms. The third-order valence-corrected chi connectivity index (χ3v) is 7.19. The summed E-state index contributed by atoms with van der Waals surface area (Å²) in [7, 11) is -3.42. The van der Waals surface area contributed by atoms with Crippen LogP contribution in [-0.4, -0.2) is 41.5 Å². The predicted octanol–water partition coefficient (Wildman–Crippen LogP) is 3.48. The molecule has 164 valence electrons. The minimum atomic E-state index is -3.42. The number of carbonyl (C=O) groups excluding carboxylic acids is 1. The van der Waals surface area contributed by atoms with Gasteiger partial charge in [-0.2, -0.15) is 9.40 Å². The second-order valence-electron chi connectivity index (χ2n) is 9.13. The van der Waals surface area contributed by atoms with Gasteiger partial charge in [-0.25, -0.2) is 8.42 Å². The van der Waals surface area contributed by atoms with E-state index in [1.807, 2.05) is 10.7 Å².